The molecule has 7 heteroatoms. The number of amides is 2. The van der Waals surface area contributed by atoms with E-state index in [1.54, 1.807) is 5.38 Å². The zero-order valence-corrected chi connectivity index (χ0v) is 17.2. The highest BCUT2D eigenvalue weighted by atomic mass is 32.1. The van der Waals surface area contributed by atoms with Crippen LogP contribution in [0, 0.1) is 6.92 Å². The van der Waals surface area contributed by atoms with E-state index in [4.69, 9.17) is 0 Å². The lowest BCUT2D eigenvalue weighted by Gasteiger charge is -2.08. The van der Waals surface area contributed by atoms with Crippen LogP contribution in [0.3, 0.4) is 0 Å². The fourth-order valence-electron chi connectivity index (χ4n) is 3.12. The van der Waals surface area contributed by atoms with Gasteiger partial charge in [0.25, 0.3) is 0 Å². The number of hydrogen-bond acceptors (Lipinski definition) is 5. The van der Waals surface area contributed by atoms with Gasteiger partial charge in [0.15, 0.2) is 5.13 Å². The second-order valence-corrected chi connectivity index (χ2v) is 7.76. The highest BCUT2D eigenvalue weighted by Crippen LogP contribution is 2.23. The van der Waals surface area contributed by atoms with Gasteiger partial charge in [0.1, 0.15) is 0 Å². The molecule has 0 radical (unpaired) electrons. The molecular formula is C23H20N4O2S. The van der Waals surface area contributed by atoms with Gasteiger partial charge < -0.3 is 10.6 Å². The molecule has 0 aliphatic carbocycles. The first-order valence-electron chi connectivity index (χ1n) is 9.51. The molecule has 0 aliphatic heterocycles. The highest BCUT2D eigenvalue weighted by molar-refractivity contribution is 7.13. The third-order valence-electron chi connectivity index (χ3n) is 4.49. The Morgan fingerprint density at radius 2 is 1.67 bits per heavy atom. The summed E-state index contributed by atoms with van der Waals surface area (Å²) in [7, 11) is 0. The molecule has 6 nitrogen and oxygen atoms in total. The van der Waals surface area contributed by atoms with E-state index in [1.165, 1.54) is 11.3 Å². The van der Waals surface area contributed by atoms with Crippen LogP contribution in [0.25, 0.3) is 10.9 Å². The monoisotopic (exact) mass is 416 g/mol. The van der Waals surface area contributed by atoms with E-state index in [9.17, 15) is 9.59 Å². The van der Waals surface area contributed by atoms with Gasteiger partial charge in [-0.15, -0.1) is 11.3 Å². The normalized spacial score (nSPS) is 10.7. The molecule has 0 unspecified atom stereocenters. The first-order chi connectivity index (χ1) is 14.6. The summed E-state index contributed by atoms with van der Waals surface area (Å²) in [5.74, 6) is -0.305. The van der Waals surface area contributed by atoms with Gasteiger partial charge in [0.2, 0.25) is 11.8 Å². The molecule has 0 atom stereocenters. The number of nitrogens with one attached hydrogen (secondary N) is 2. The molecule has 2 heterocycles. The van der Waals surface area contributed by atoms with Crippen molar-refractivity contribution in [3.63, 3.8) is 0 Å². The van der Waals surface area contributed by atoms with Crippen molar-refractivity contribution in [2.75, 3.05) is 10.6 Å². The number of hydrogen-bond donors (Lipinski definition) is 2. The zero-order chi connectivity index (χ0) is 20.9. The second-order valence-electron chi connectivity index (χ2n) is 6.90. The molecule has 0 spiro atoms. The Kier molecular flexibility index (Phi) is 5.81. The van der Waals surface area contributed by atoms with E-state index < -0.39 is 0 Å². The fourth-order valence-corrected chi connectivity index (χ4v) is 3.84. The molecule has 2 amide bonds. The molecule has 0 saturated heterocycles. The van der Waals surface area contributed by atoms with Crippen LogP contribution in [0.1, 0.15) is 17.0 Å². The molecular weight excluding hydrogens is 396 g/mol. The van der Waals surface area contributed by atoms with Crippen LogP contribution >= 0.6 is 11.3 Å². The third kappa shape index (κ3) is 4.87. The van der Waals surface area contributed by atoms with E-state index in [2.05, 4.69) is 20.6 Å². The predicted molar refractivity (Wildman–Crippen MR) is 120 cm³/mol. The van der Waals surface area contributed by atoms with Gasteiger partial charge in [-0.2, -0.15) is 0 Å². The highest BCUT2D eigenvalue weighted by Gasteiger charge is 2.12. The minimum absolute atomic E-state index is 0.126. The minimum Gasteiger partial charge on any atom is -0.325 e. The van der Waals surface area contributed by atoms with Gasteiger partial charge in [-0.3, -0.25) is 14.6 Å². The molecule has 2 aromatic carbocycles. The maximum absolute atomic E-state index is 12.5. The fraction of sp³-hybridized carbons (Fsp3) is 0.130. The Hall–Kier alpha value is -3.58. The second kappa shape index (κ2) is 8.84. The first kappa shape index (κ1) is 19.7. The van der Waals surface area contributed by atoms with Crippen LogP contribution in [0.2, 0.25) is 0 Å². The van der Waals surface area contributed by atoms with Crippen LogP contribution in [0.15, 0.2) is 66.0 Å². The summed E-state index contributed by atoms with van der Waals surface area (Å²) in [6.45, 7) is 1.93. The maximum Gasteiger partial charge on any atom is 0.230 e. The Morgan fingerprint density at radius 3 is 2.50 bits per heavy atom. The van der Waals surface area contributed by atoms with E-state index in [0.29, 0.717) is 10.8 Å². The van der Waals surface area contributed by atoms with Crippen LogP contribution in [0.4, 0.5) is 10.8 Å². The number of thiazole rings is 1. The summed E-state index contributed by atoms with van der Waals surface area (Å²) in [4.78, 5) is 33.5. The molecule has 4 aromatic rings. The number of carbonyl (C=O) groups is 2. The predicted octanol–water partition coefficient (Wildman–Crippen LogP) is 4.36. The number of nitrogens with zero attached hydrogens (tertiary/aromatic N) is 2. The van der Waals surface area contributed by atoms with Gasteiger partial charge in [-0.1, -0.05) is 36.4 Å². The molecule has 2 aromatic heterocycles. The lowest BCUT2D eigenvalue weighted by Crippen LogP contribution is -2.16. The van der Waals surface area contributed by atoms with Gasteiger partial charge in [-0.25, -0.2) is 4.98 Å². The Balaban J connectivity index is 1.37. The zero-order valence-electron chi connectivity index (χ0n) is 16.4. The average Bonchev–Trinajstić information content (AvgIpc) is 3.15. The number of aryl methyl sites for hydroxylation is 1. The molecule has 0 aliphatic rings. The van der Waals surface area contributed by atoms with E-state index >= 15 is 0 Å². The number of anilines is 2. The number of carbonyl (C=O) groups excluding carboxylic acids is 2. The summed E-state index contributed by atoms with van der Waals surface area (Å²) in [6.07, 6.45) is 0.408. The number of aromatic nitrogens is 2. The molecule has 0 saturated carbocycles. The minimum atomic E-state index is -0.171. The van der Waals surface area contributed by atoms with Gasteiger partial charge >= 0.3 is 0 Å². The van der Waals surface area contributed by atoms with Crippen LogP contribution in [-0.4, -0.2) is 21.8 Å². The van der Waals surface area contributed by atoms with Crippen molar-refractivity contribution in [3.05, 3.63) is 83.0 Å². The van der Waals surface area contributed by atoms with E-state index in [-0.39, 0.29) is 24.7 Å². The number of rotatable bonds is 6. The maximum atomic E-state index is 12.5. The number of benzene rings is 2. The summed E-state index contributed by atoms with van der Waals surface area (Å²) in [5, 5.41) is 8.89. The molecule has 2 N–H and O–H groups in total. The van der Waals surface area contributed by atoms with Crippen molar-refractivity contribution in [2.45, 2.75) is 19.8 Å². The summed E-state index contributed by atoms with van der Waals surface area (Å²) < 4.78 is 0. The Bertz CT molecular complexity index is 1200. The summed E-state index contributed by atoms with van der Waals surface area (Å²) in [6, 6.07) is 19.0. The van der Waals surface area contributed by atoms with Crippen molar-refractivity contribution in [1.29, 1.82) is 0 Å². The van der Waals surface area contributed by atoms with Crippen molar-refractivity contribution in [2.24, 2.45) is 0 Å². The van der Waals surface area contributed by atoms with Crippen molar-refractivity contribution < 1.29 is 9.59 Å². The van der Waals surface area contributed by atoms with Crippen LogP contribution in [0.5, 0.6) is 0 Å². The lowest BCUT2D eigenvalue weighted by molar-refractivity contribution is -0.116. The first-order valence-corrected chi connectivity index (χ1v) is 10.4. The topological polar surface area (TPSA) is 84.0 Å². The quantitative estimate of drug-likeness (QED) is 0.489. The van der Waals surface area contributed by atoms with E-state index in [1.807, 2.05) is 67.6 Å². The third-order valence-corrected chi connectivity index (χ3v) is 5.30. The van der Waals surface area contributed by atoms with Crippen molar-refractivity contribution >= 4 is 44.9 Å². The smallest absolute Gasteiger partial charge is 0.230 e. The molecule has 4 rings (SSSR count). The van der Waals surface area contributed by atoms with Crippen molar-refractivity contribution in [1.82, 2.24) is 9.97 Å². The summed E-state index contributed by atoms with van der Waals surface area (Å²) in [5.41, 5.74) is 4.03. The van der Waals surface area contributed by atoms with Crippen LogP contribution < -0.4 is 10.6 Å². The molecule has 0 bridgehead atoms. The molecule has 0 fully saturated rings. The molecule has 150 valence electrons. The van der Waals surface area contributed by atoms with Gasteiger partial charge in [0, 0.05) is 16.5 Å². The largest absolute Gasteiger partial charge is 0.325 e. The lowest BCUT2D eigenvalue weighted by atomic mass is 10.1. The average molecular weight is 417 g/mol. The Morgan fingerprint density at radius 1 is 0.867 bits per heavy atom. The molecule has 30 heavy (non-hydrogen) atoms. The number of pyridine rings is 1. The van der Waals surface area contributed by atoms with Crippen molar-refractivity contribution in [3.8, 4) is 0 Å². The van der Waals surface area contributed by atoms with Gasteiger partial charge in [-0.05, 0) is 36.8 Å². The van der Waals surface area contributed by atoms with E-state index in [0.717, 1.165) is 27.8 Å². The SMILES string of the molecule is Cc1ccc2c(NC(=O)Cc3csc(NC(=O)Cc4ccccc4)n3)cccc2n1. The number of fused-ring (bicyclic) bond motifs is 1. The Labute approximate surface area is 178 Å². The van der Waals surface area contributed by atoms with Crippen LogP contribution in [-0.2, 0) is 22.4 Å². The summed E-state index contributed by atoms with van der Waals surface area (Å²) >= 11 is 1.31. The van der Waals surface area contributed by atoms with Gasteiger partial charge in [0.05, 0.1) is 29.7 Å². The standard InChI is InChI=1S/C23H20N4O2S/c1-15-10-11-18-19(24-15)8-5-9-20(18)26-22(29)13-17-14-30-23(25-17)27-21(28)12-16-6-3-2-4-7-16/h2-11,14H,12-13H2,1H3,(H,26,29)(H,25,27,28).